The van der Waals surface area contributed by atoms with Gasteiger partial charge in [0.2, 0.25) is 0 Å². The monoisotopic (exact) mass is 586 g/mol. The van der Waals surface area contributed by atoms with Gasteiger partial charge in [0.05, 0.1) is 17.4 Å². The smallest absolute Gasteiger partial charge is 0.310 e. The number of nitrogens with zero attached hydrogens (tertiary/aromatic N) is 4. The van der Waals surface area contributed by atoms with E-state index in [1.54, 1.807) is 29.4 Å². The van der Waals surface area contributed by atoms with Gasteiger partial charge in [-0.2, -0.15) is 5.26 Å². The highest BCUT2D eigenvalue weighted by Crippen LogP contribution is 2.37. The van der Waals surface area contributed by atoms with Gasteiger partial charge in [-0.15, -0.1) is 0 Å². The number of carbonyl (C=O) groups is 2. The van der Waals surface area contributed by atoms with E-state index in [2.05, 4.69) is 24.8 Å². The van der Waals surface area contributed by atoms with E-state index in [4.69, 9.17) is 17.0 Å². The maximum atomic E-state index is 13.6. The molecule has 0 saturated carbocycles. The van der Waals surface area contributed by atoms with Crippen LogP contribution in [-0.2, 0) is 20.9 Å². The van der Waals surface area contributed by atoms with Crippen molar-refractivity contribution in [3.8, 4) is 6.07 Å². The first-order valence-electron chi connectivity index (χ1n) is 14.6. The molecular formula is C30H42N4O4S2. The van der Waals surface area contributed by atoms with Gasteiger partial charge in [0.25, 0.3) is 11.5 Å². The van der Waals surface area contributed by atoms with E-state index in [1.165, 1.54) is 18.2 Å². The average Bonchev–Trinajstić information content (AvgIpc) is 3.21. The van der Waals surface area contributed by atoms with Crippen molar-refractivity contribution in [1.82, 2.24) is 9.47 Å². The number of piperidine rings is 1. The third-order valence-corrected chi connectivity index (χ3v) is 8.93. The molecule has 0 radical (unpaired) electrons. The van der Waals surface area contributed by atoms with Crippen LogP contribution in [0.1, 0.15) is 95.2 Å². The van der Waals surface area contributed by atoms with Crippen LogP contribution in [0.25, 0.3) is 6.08 Å². The van der Waals surface area contributed by atoms with Gasteiger partial charge in [0, 0.05) is 31.7 Å². The van der Waals surface area contributed by atoms with Crippen LogP contribution in [0.15, 0.2) is 9.70 Å². The lowest BCUT2D eigenvalue weighted by Gasteiger charge is -2.36. The van der Waals surface area contributed by atoms with E-state index in [1.807, 2.05) is 0 Å². The number of hydrogen-bond donors (Lipinski definition) is 0. The minimum atomic E-state index is -0.335. The zero-order valence-corrected chi connectivity index (χ0v) is 25.9. The molecule has 1 aromatic heterocycles. The Morgan fingerprint density at radius 2 is 1.85 bits per heavy atom. The number of aromatic nitrogens is 1. The Kier molecular flexibility index (Phi) is 12.3. The molecular weight excluding hydrogens is 544 g/mol. The summed E-state index contributed by atoms with van der Waals surface area (Å²) in [7, 11) is 0. The summed E-state index contributed by atoms with van der Waals surface area (Å²) in [6, 6.07) is 2.11. The topological polar surface area (TPSA) is 95.6 Å². The number of pyridine rings is 1. The number of nitriles is 1. The molecule has 1 unspecified atom stereocenters. The summed E-state index contributed by atoms with van der Waals surface area (Å²) in [5.41, 5.74) is 0.952. The predicted octanol–water partition coefficient (Wildman–Crippen LogP) is 5.78. The van der Waals surface area contributed by atoms with Crippen molar-refractivity contribution in [2.45, 2.75) is 92.0 Å². The molecule has 1 aromatic rings. The molecule has 0 aromatic carbocycles. The largest absolute Gasteiger partial charge is 0.466 e. The molecule has 2 aliphatic heterocycles. The zero-order valence-electron chi connectivity index (χ0n) is 24.3. The first-order valence-corrected chi connectivity index (χ1v) is 15.9. The number of unbranched alkanes of at least 4 members (excludes halogenated alkanes) is 5. The summed E-state index contributed by atoms with van der Waals surface area (Å²) >= 11 is 6.85. The Morgan fingerprint density at radius 1 is 1.12 bits per heavy atom. The van der Waals surface area contributed by atoms with E-state index in [9.17, 15) is 19.6 Å². The van der Waals surface area contributed by atoms with E-state index < -0.39 is 0 Å². The molecule has 0 aliphatic carbocycles. The van der Waals surface area contributed by atoms with Crippen LogP contribution < -0.4 is 10.5 Å². The lowest BCUT2D eigenvalue weighted by molar-refractivity contribution is -0.148. The van der Waals surface area contributed by atoms with Gasteiger partial charge >= 0.3 is 5.97 Å². The van der Waals surface area contributed by atoms with Crippen LogP contribution in [-0.4, -0.2) is 51.9 Å². The van der Waals surface area contributed by atoms with Crippen molar-refractivity contribution in [2.75, 3.05) is 31.1 Å². The highest BCUT2D eigenvalue weighted by molar-refractivity contribution is 8.26. The van der Waals surface area contributed by atoms with Gasteiger partial charge in [0.1, 0.15) is 21.8 Å². The number of hydrogen-bond acceptors (Lipinski definition) is 8. The Balaban J connectivity index is 2.07. The maximum absolute atomic E-state index is 13.6. The van der Waals surface area contributed by atoms with Crippen LogP contribution in [0.3, 0.4) is 0 Å². The number of thiocarbonyl (C=S) groups is 1. The molecule has 2 fully saturated rings. The second-order valence-corrected chi connectivity index (χ2v) is 12.1. The Hall–Kier alpha value is -2.64. The minimum absolute atomic E-state index is 0.0801. The van der Waals surface area contributed by atoms with Crippen molar-refractivity contribution in [1.29, 1.82) is 5.26 Å². The summed E-state index contributed by atoms with van der Waals surface area (Å²) in [5.74, 6) is -0.0167. The molecule has 8 nitrogen and oxygen atoms in total. The van der Waals surface area contributed by atoms with Crippen LogP contribution in [0.2, 0.25) is 0 Å². The van der Waals surface area contributed by atoms with Crippen LogP contribution in [0.5, 0.6) is 0 Å². The average molecular weight is 587 g/mol. The number of amides is 1. The molecule has 40 heavy (non-hydrogen) atoms. The highest BCUT2D eigenvalue weighted by atomic mass is 32.2. The normalized spacial score (nSPS) is 18.5. The fourth-order valence-electron chi connectivity index (χ4n) is 5.33. The Bertz CT molecular complexity index is 1230. The van der Waals surface area contributed by atoms with Crippen molar-refractivity contribution in [2.24, 2.45) is 5.92 Å². The first-order chi connectivity index (χ1) is 19.3. The van der Waals surface area contributed by atoms with Gasteiger partial charge in [-0.3, -0.25) is 23.9 Å². The summed E-state index contributed by atoms with van der Waals surface area (Å²) in [6.45, 7) is 10.2. The summed E-state index contributed by atoms with van der Waals surface area (Å²) in [4.78, 5) is 43.9. The lowest BCUT2D eigenvalue weighted by atomic mass is 9.96. The first kappa shape index (κ1) is 31.9. The van der Waals surface area contributed by atoms with Crippen molar-refractivity contribution < 1.29 is 14.3 Å². The fraction of sp³-hybridized carbons (Fsp3) is 0.633. The number of carbonyl (C=O) groups excluding carboxylic acids is 2. The van der Waals surface area contributed by atoms with Gasteiger partial charge in [-0.25, -0.2) is 0 Å². The van der Waals surface area contributed by atoms with Crippen LogP contribution >= 0.6 is 24.0 Å². The molecule has 1 amide bonds. The van der Waals surface area contributed by atoms with Gasteiger partial charge < -0.3 is 9.64 Å². The summed E-state index contributed by atoms with van der Waals surface area (Å²) in [5, 5.41) is 9.94. The predicted molar refractivity (Wildman–Crippen MR) is 165 cm³/mol. The second kappa shape index (κ2) is 15.4. The van der Waals surface area contributed by atoms with Crippen molar-refractivity contribution in [3.63, 3.8) is 0 Å². The molecule has 10 heteroatoms. The maximum Gasteiger partial charge on any atom is 0.310 e. The standard InChI is InChI=1S/C30H42N4O4S2/c1-5-8-10-11-12-17-34-28(36)25(40-30(34)39)18-23-21(4)24(19-31)27(35)33(16-9-6-2)26(23)32-15-13-14-22(20-32)29(37)38-7-3/h18,22H,5-17,20H2,1-4H3/b25-18-. The fourth-order valence-corrected chi connectivity index (χ4v) is 6.62. The molecule has 3 rings (SSSR count). The summed E-state index contributed by atoms with van der Waals surface area (Å²) in [6.07, 6.45) is 10.4. The van der Waals surface area contributed by atoms with Crippen LogP contribution in [0.4, 0.5) is 5.82 Å². The van der Waals surface area contributed by atoms with E-state index >= 15 is 0 Å². The van der Waals surface area contributed by atoms with E-state index in [0.717, 1.165) is 51.4 Å². The number of rotatable bonds is 13. The van der Waals surface area contributed by atoms with Gasteiger partial charge in [0.15, 0.2) is 0 Å². The number of ether oxygens (including phenoxy) is 1. The molecule has 0 spiro atoms. The Labute approximate surface area is 247 Å². The summed E-state index contributed by atoms with van der Waals surface area (Å²) < 4.78 is 7.52. The third-order valence-electron chi connectivity index (χ3n) is 7.56. The molecule has 2 aliphatic rings. The second-order valence-electron chi connectivity index (χ2n) is 10.4. The van der Waals surface area contributed by atoms with Crippen LogP contribution in [0, 0.1) is 24.2 Å². The quantitative estimate of drug-likeness (QED) is 0.124. The molecule has 3 heterocycles. The number of anilines is 1. The lowest BCUT2D eigenvalue weighted by Crippen LogP contribution is -2.43. The van der Waals surface area contributed by atoms with Gasteiger partial charge in [-0.1, -0.05) is 69.9 Å². The molecule has 218 valence electrons. The molecule has 0 N–H and O–H groups in total. The molecule has 2 saturated heterocycles. The third kappa shape index (κ3) is 7.35. The SMILES string of the molecule is CCCCCCCN1C(=O)/C(=C/c2c(C)c(C#N)c(=O)n(CCCC)c2N2CCCC(C(=O)OCC)C2)SC1=S. The van der Waals surface area contributed by atoms with Crippen molar-refractivity contribution in [3.05, 3.63) is 31.9 Å². The van der Waals surface area contributed by atoms with E-state index in [0.29, 0.717) is 59.0 Å². The number of esters is 1. The Morgan fingerprint density at radius 3 is 2.52 bits per heavy atom. The minimum Gasteiger partial charge on any atom is -0.466 e. The van der Waals surface area contributed by atoms with Crippen molar-refractivity contribution >= 4 is 52.1 Å². The molecule has 1 atom stereocenters. The highest BCUT2D eigenvalue weighted by Gasteiger charge is 2.34. The van der Waals surface area contributed by atoms with Gasteiger partial charge in [-0.05, 0) is 51.2 Å². The zero-order chi connectivity index (χ0) is 29.2. The van der Waals surface area contributed by atoms with E-state index in [-0.39, 0.29) is 28.9 Å². The molecule has 0 bridgehead atoms. The number of thioether (sulfide) groups is 1.